The molecule has 184 valence electrons. The largest absolute Gasteiger partial charge is 0.487 e. The summed E-state index contributed by atoms with van der Waals surface area (Å²) in [6.45, 7) is 4.28. The first-order valence-electron chi connectivity index (χ1n) is 10.6. The Balaban J connectivity index is 0.00000342. The molecule has 2 heterocycles. The van der Waals surface area contributed by atoms with E-state index in [-0.39, 0.29) is 11.7 Å². The molecule has 0 amide bonds. The third kappa shape index (κ3) is 5.86. The number of nitrogens with one attached hydrogen (secondary N) is 1. The number of aromatic nitrogens is 2. The van der Waals surface area contributed by atoms with Crippen molar-refractivity contribution in [1.82, 2.24) is 14.9 Å². The van der Waals surface area contributed by atoms with Crippen molar-refractivity contribution in [1.29, 1.82) is 0 Å². The molecule has 4 rings (SSSR count). The van der Waals surface area contributed by atoms with Gasteiger partial charge in [-0.2, -0.15) is 0 Å². The van der Waals surface area contributed by atoms with Crippen LogP contribution in [0.1, 0.15) is 12.5 Å². The molecule has 1 aromatic heterocycles. The van der Waals surface area contributed by atoms with Gasteiger partial charge in [0.15, 0.2) is 17.7 Å². The SMILES string of the molecule is C#Cc1c(Cl)ccc(Nc2ncnc3cc(OC(C)N4C=NCC4)c(OCCOC)cc23)c1Cl.O. The molecular weight excluding hydrogens is 493 g/mol. The van der Waals surface area contributed by atoms with Gasteiger partial charge in [-0.1, -0.05) is 29.1 Å². The molecule has 1 unspecified atom stereocenters. The van der Waals surface area contributed by atoms with Crippen LogP contribution in [-0.2, 0) is 4.74 Å². The van der Waals surface area contributed by atoms with Crippen LogP contribution < -0.4 is 14.8 Å². The summed E-state index contributed by atoms with van der Waals surface area (Å²) in [5.74, 6) is 4.14. The van der Waals surface area contributed by atoms with Crippen molar-refractivity contribution in [3.8, 4) is 23.8 Å². The van der Waals surface area contributed by atoms with Gasteiger partial charge in [0.2, 0.25) is 0 Å². The van der Waals surface area contributed by atoms with Crippen molar-refractivity contribution in [3.63, 3.8) is 0 Å². The molecule has 11 heteroatoms. The number of methoxy groups -OCH3 is 1. The molecule has 0 saturated heterocycles. The Morgan fingerprint density at radius 3 is 2.74 bits per heavy atom. The highest BCUT2D eigenvalue weighted by Crippen LogP contribution is 2.38. The van der Waals surface area contributed by atoms with Gasteiger partial charge in [0.1, 0.15) is 18.8 Å². The van der Waals surface area contributed by atoms with E-state index in [9.17, 15) is 0 Å². The average Bonchev–Trinajstić information content (AvgIpc) is 3.37. The van der Waals surface area contributed by atoms with E-state index in [1.54, 1.807) is 25.6 Å². The predicted molar refractivity (Wildman–Crippen MR) is 138 cm³/mol. The number of aliphatic imine (C=N–C) groups is 1. The molecular formula is C24H25Cl2N5O4. The molecule has 1 atom stereocenters. The minimum Gasteiger partial charge on any atom is -0.487 e. The zero-order valence-corrected chi connectivity index (χ0v) is 20.7. The van der Waals surface area contributed by atoms with Crippen molar-refractivity contribution < 1.29 is 19.7 Å². The van der Waals surface area contributed by atoms with Crippen LogP contribution in [-0.4, -0.2) is 66.3 Å². The molecule has 3 aromatic rings. The number of fused-ring (bicyclic) bond motifs is 1. The lowest BCUT2D eigenvalue weighted by atomic mass is 10.1. The quantitative estimate of drug-likeness (QED) is 0.337. The van der Waals surface area contributed by atoms with Crippen molar-refractivity contribution in [2.24, 2.45) is 4.99 Å². The molecule has 0 aliphatic carbocycles. The molecule has 0 spiro atoms. The van der Waals surface area contributed by atoms with Gasteiger partial charge in [-0.15, -0.1) is 6.42 Å². The molecule has 0 fully saturated rings. The summed E-state index contributed by atoms with van der Waals surface area (Å²) in [4.78, 5) is 15.1. The molecule has 2 aromatic carbocycles. The Bertz CT molecular complexity index is 1260. The van der Waals surface area contributed by atoms with Gasteiger partial charge < -0.3 is 29.9 Å². The monoisotopic (exact) mass is 517 g/mol. The lowest BCUT2D eigenvalue weighted by molar-refractivity contribution is 0.0970. The van der Waals surface area contributed by atoms with Crippen LogP contribution in [0, 0.1) is 12.3 Å². The number of rotatable bonds is 9. The van der Waals surface area contributed by atoms with Crippen molar-refractivity contribution in [3.05, 3.63) is 46.2 Å². The normalized spacial score (nSPS) is 13.3. The summed E-state index contributed by atoms with van der Waals surface area (Å²) >= 11 is 12.6. The summed E-state index contributed by atoms with van der Waals surface area (Å²) < 4.78 is 17.3. The summed E-state index contributed by atoms with van der Waals surface area (Å²) in [7, 11) is 1.62. The van der Waals surface area contributed by atoms with E-state index in [1.807, 2.05) is 24.0 Å². The van der Waals surface area contributed by atoms with E-state index < -0.39 is 0 Å². The summed E-state index contributed by atoms with van der Waals surface area (Å²) in [6.07, 6.45) is 8.58. The van der Waals surface area contributed by atoms with Gasteiger partial charge in [-0.25, -0.2) is 9.97 Å². The molecule has 0 radical (unpaired) electrons. The van der Waals surface area contributed by atoms with E-state index >= 15 is 0 Å². The first-order chi connectivity index (χ1) is 16.5. The van der Waals surface area contributed by atoms with Crippen LogP contribution in [0.5, 0.6) is 11.5 Å². The van der Waals surface area contributed by atoms with Crippen LogP contribution in [0.3, 0.4) is 0 Å². The zero-order valence-electron chi connectivity index (χ0n) is 19.2. The van der Waals surface area contributed by atoms with Gasteiger partial charge in [0.25, 0.3) is 0 Å². The van der Waals surface area contributed by atoms with E-state index in [0.717, 1.165) is 13.1 Å². The Morgan fingerprint density at radius 1 is 1.20 bits per heavy atom. The van der Waals surface area contributed by atoms with E-state index in [2.05, 4.69) is 26.2 Å². The van der Waals surface area contributed by atoms with Gasteiger partial charge in [0, 0.05) is 25.1 Å². The van der Waals surface area contributed by atoms with Crippen LogP contribution in [0.2, 0.25) is 10.0 Å². The van der Waals surface area contributed by atoms with Crippen molar-refractivity contribution in [2.75, 3.05) is 38.7 Å². The van der Waals surface area contributed by atoms with E-state index in [0.29, 0.717) is 62.7 Å². The fourth-order valence-corrected chi connectivity index (χ4v) is 3.96. The number of anilines is 2. The average molecular weight is 518 g/mol. The van der Waals surface area contributed by atoms with Crippen LogP contribution in [0.4, 0.5) is 11.5 Å². The van der Waals surface area contributed by atoms with Gasteiger partial charge in [-0.3, -0.25) is 4.99 Å². The van der Waals surface area contributed by atoms with Crippen LogP contribution in [0.25, 0.3) is 10.9 Å². The Morgan fingerprint density at radius 2 is 2.03 bits per heavy atom. The minimum absolute atomic E-state index is 0. The molecule has 3 N–H and O–H groups in total. The maximum atomic E-state index is 6.47. The fourth-order valence-electron chi connectivity index (χ4n) is 3.43. The highest BCUT2D eigenvalue weighted by molar-refractivity contribution is 6.38. The van der Waals surface area contributed by atoms with Gasteiger partial charge in [-0.05, 0) is 25.1 Å². The Kier molecular flexibility index (Phi) is 8.95. The second-order valence-electron chi connectivity index (χ2n) is 7.41. The maximum Gasteiger partial charge on any atom is 0.170 e. The number of nitrogens with zero attached hydrogens (tertiary/aromatic N) is 4. The molecule has 0 bridgehead atoms. The highest BCUT2D eigenvalue weighted by atomic mass is 35.5. The Labute approximate surface area is 213 Å². The number of hydrogen-bond donors (Lipinski definition) is 1. The first kappa shape index (κ1) is 26.3. The predicted octanol–water partition coefficient (Wildman–Crippen LogP) is 3.93. The molecule has 0 saturated carbocycles. The number of benzene rings is 2. The summed E-state index contributed by atoms with van der Waals surface area (Å²) in [6, 6.07) is 7.08. The van der Waals surface area contributed by atoms with E-state index in [1.165, 1.54) is 6.33 Å². The lowest BCUT2D eigenvalue weighted by Crippen LogP contribution is -2.34. The summed E-state index contributed by atoms with van der Waals surface area (Å²) in [5.41, 5.74) is 1.64. The third-order valence-corrected chi connectivity index (χ3v) is 5.92. The van der Waals surface area contributed by atoms with Crippen molar-refractivity contribution in [2.45, 2.75) is 13.2 Å². The lowest BCUT2D eigenvalue weighted by Gasteiger charge is -2.25. The van der Waals surface area contributed by atoms with Crippen molar-refractivity contribution >= 4 is 51.9 Å². The zero-order chi connectivity index (χ0) is 24.1. The first-order valence-corrected chi connectivity index (χ1v) is 11.3. The highest BCUT2D eigenvalue weighted by Gasteiger charge is 2.19. The van der Waals surface area contributed by atoms with Gasteiger partial charge in [0.05, 0.1) is 46.3 Å². The second kappa shape index (κ2) is 11.9. The molecule has 9 nitrogen and oxygen atoms in total. The summed E-state index contributed by atoms with van der Waals surface area (Å²) in [5, 5.41) is 4.68. The number of halogens is 2. The minimum atomic E-state index is -0.233. The third-order valence-electron chi connectivity index (χ3n) is 5.22. The smallest absolute Gasteiger partial charge is 0.170 e. The second-order valence-corrected chi connectivity index (χ2v) is 8.19. The molecule has 1 aliphatic rings. The van der Waals surface area contributed by atoms with Crippen LogP contribution in [0.15, 0.2) is 35.6 Å². The number of hydrogen-bond acceptors (Lipinski definition) is 8. The standard InChI is InChI=1S/C24H23Cl2N5O3.H2O/c1-4-16-18(25)5-6-19(23(16)26)30-24-17-11-21(33-10-9-32-3)22(12-20(17)28-13-29-24)34-15(2)31-8-7-27-14-31;/h1,5-6,11-15H,7-10H2,2-3H3,(H,28,29,30);1H2. The topological polar surface area (TPSA) is 113 Å². The number of ether oxygens (including phenoxy) is 3. The molecule has 1 aliphatic heterocycles. The maximum absolute atomic E-state index is 6.47. The number of terminal acetylenes is 1. The van der Waals surface area contributed by atoms with Gasteiger partial charge >= 0.3 is 0 Å². The fraction of sp³-hybridized carbons (Fsp3) is 0.292. The van der Waals surface area contributed by atoms with Crippen LogP contribution >= 0.6 is 23.2 Å². The van der Waals surface area contributed by atoms with E-state index in [4.69, 9.17) is 43.8 Å². The Hall–Kier alpha value is -3.29. The molecule has 35 heavy (non-hydrogen) atoms.